The van der Waals surface area contributed by atoms with Gasteiger partial charge in [0.25, 0.3) is 21.2 Å². The lowest BCUT2D eigenvalue weighted by Gasteiger charge is -2.24. The average Bonchev–Trinajstić information content (AvgIpc) is 3.22. The van der Waals surface area contributed by atoms with E-state index in [0.29, 0.717) is 16.3 Å². The van der Waals surface area contributed by atoms with E-state index in [1.54, 1.807) is 73.8 Å². The molecule has 214 valence electrons. The van der Waals surface area contributed by atoms with E-state index < -0.39 is 27.1 Å². The Labute approximate surface area is 244 Å². The van der Waals surface area contributed by atoms with E-state index in [2.05, 4.69) is 5.32 Å². The zero-order chi connectivity index (χ0) is 29.6. The third-order valence-corrected chi connectivity index (χ3v) is 9.17. The number of carbonyl (C=O) groups is 3. The van der Waals surface area contributed by atoms with Gasteiger partial charge in [-0.25, -0.2) is 8.42 Å². The largest absolute Gasteiger partial charge is 0.497 e. The van der Waals surface area contributed by atoms with Crippen LogP contribution in [0.4, 0.5) is 10.5 Å². The monoisotopic (exact) mass is 593 g/mol. The molecule has 0 spiro atoms. The van der Waals surface area contributed by atoms with Gasteiger partial charge in [0.15, 0.2) is 0 Å². The summed E-state index contributed by atoms with van der Waals surface area (Å²) < 4.78 is 33.3. The lowest BCUT2D eigenvalue weighted by molar-refractivity contribution is -0.124. The number of sulfonamides is 1. The molecule has 0 saturated carbocycles. The molecule has 1 N–H and O–H groups in total. The molecule has 11 heteroatoms. The summed E-state index contributed by atoms with van der Waals surface area (Å²) in [5.74, 6) is -0.150. The summed E-state index contributed by atoms with van der Waals surface area (Å²) in [6.07, 6.45) is 1.52. The molecule has 1 heterocycles. The number of thioether (sulfide) groups is 1. The first-order valence-electron chi connectivity index (χ1n) is 12.9. The number of ether oxygens (including phenoxy) is 1. The molecule has 3 amide bonds. The number of nitrogens with one attached hydrogen (secondary N) is 1. The van der Waals surface area contributed by atoms with Crippen molar-refractivity contribution in [3.63, 3.8) is 0 Å². The fraction of sp³-hybridized carbons (Fsp3) is 0.233. The Hall–Kier alpha value is -4.09. The van der Waals surface area contributed by atoms with Crippen LogP contribution in [0.1, 0.15) is 23.1 Å². The minimum absolute atomic E-state index is 0.000297. The Balaban J connectivity index is 1.36. The summed E-state index contributed by atoms with van der Waals surface area (Å²) in [6.45, 7) is 3.74. The fourth-order valence-electron chi connectivity index (χ4n) is 4.08. The van der Waals surface area contributed by atoms with Gasteiger partial charge in [-0.3, -0.25) is 23.6 Å². The van der Waals surface area contributed by atoms with Gasteiger partial charge in [0.2, 0.25) is 5.91 Å². The predicted molar refractivity (Wildman–Crippen MR) is 160 cm³/mol. The third kappa shape index (κ3) is 7.36. The molecule has 1 aliphatic heterocycles. The Morgan fingerprint density at radius 2 is 1.56 bits per heavy atom. The Morgan fingerprint density at radius 1 is 0.951 bits per heavy atom. The van der Waals surface area contributed by atoms with Crippen LogP contribution in [-0.4, -0.2) is 57.1 Å². The van der Waals surface area contributed by atoms with Crippen molar-refractivity contribution in [2.24, 2.45) is 0 Å². The zero-order valence-corrected chi connectivity index (χ0v) is 24.6. The van der Waals surface area contributed by atoms with Crippen molar-refractivity contribution < 1.29 is 27.5 Å². The van der Waals surface area contributed by atoms with Crippen LogP contribution in [0.25, 0.3) is 6.08 Å². The van der Waals surface area contributed by atoms with Crippen LogP contribution >= 0.6 is 11.8 Å². The van der Waals surface area contributed by atoms with Gasteiger partial charge in [0, 0.05) is 26.1 Å². The minimum Gasteiger partial charge on any atom is -0.497 e. The summed E-state index contributed by atoms with van der Waals surface area (Å²) in [5, 5.41) is 2.28. The maximum absolute atomic E-state index is 13.5. The minimum atomic E-state index is -3.92. The van der Waals surface area contributed by atoms with E-state index in [4.69, 9.17) is 4.74 Å². The summed E-state index contributed by atoms with van der Waals surface area (Å²) in [5.41, 5.74) is 3.11. The molecule has 0 atom stereocenters. The van der Waals surface area contributed by atoms with Gasteiger partial charge in [-0.2, -0.15) is 0 Å². The molecular formula is C30H31N3O6S2. The fourth-order valence-corrected chi connectivity index (χ4v) is 6.41. The lowest BCUT2D eigenvalue weighted by atomic mass is 10.2. The van der Waals surface area contributed by atoms with Gasteiger partial charge in [-0.15, -0.1) is 0 Å². The maximum atomic E-state index is 13.5. The maximum Gasteiger partial charge on any atom is 0.293 e. The molecule has 41 heavy (non-hydrogen) atoms. The molecule has 1 fully saturated rings. The van der Waals surface area contributed by atoms with Crippen LogP contribution in [0, 0.1) is 13.8 Å². The molecule has 4 rings (SSSR count). The molecule has 0 bridgehead atoms. The number of imide groups is 1. The highest BCUT2D eigenvalue weighted by Crippen LogP contribution is 2.32. The molecule has 1 aliphatic rings. The van der Waals surface area contributed by atoms with Crippen LogP contribution in [0.2, 0.25) is 0 Å². The predicted octanol–water partition coefficient (Wildman–Crippen LogP) is 4.75. The number of amides is 3. The summed E-state index contributed by atoms with van der Waals surface area (Å²) in [7, 11) is -2.36. The summed E-state index contributed by atoms with van der Waals surface area (Å²) >= 11 is 0.841. The van der Waals surface area contributed by atoms with Crippen molar-refractivity contribution in [1.82, 2.24) is 10.2 Å². The van der Waals surface area contributed by atoms with Crippen molar-refractivity contribution in [2.45, 2.75) is 25.2 Å². The standard InChI is InChI=1S/C30H31N3O6S2/c1-21-4-10-24(11-5-21)33(41(37,38)26-14-6-22(2)7-15-26)18-16-28(34)31-17-19-32-29(35)27(40-30(32)36)20-23-8-12-25(39-3)13-9-23/h4-15,20H,16-19H2,1-3H3,(H,31,34)/b27-20-. The zero-order valence-electron chi connectivity index (χ0n) is 23.0. The van der Waals surface area contributed by atoms with E-state index in [0.717, 1.165) is 33.4 Å². The first-order chi connectivity index (χ1) is 19.6. The number of methoxy groups -OCH3 is 1. The van der Waals surface area contributed by atoms with Crippen LogP contribution in [0.3, 0.4) is 0 Å². The first kappa shape index (κ1) is 29.9. The molecule has 3 aromatic rings. The van der Waals surface area contributed by atoms with Gasteiger partial charge < -0.3 is 10.1 Å². The molecule has 0 radical (unpaired) electrons. The first-order valence-corrected chi connectivity index (χ1v) is 15.2. The van der Waals surface area contributed by atoms with Gasteiger partial charge in [0.1, 0.15) is 5.75 Å². The highest BCUT2D eigenvalue weighted by Gasteiger charge is 2.34. The highest BCUT2D eigenvalue weighted by molar-refractivity contribution is 8.18. The van der Waals surface area contributed by atoms with E-state index in [9.17, 15) is 22.8 Å². The summed E-state index contributed by atoms with van der Waals surface area (Å²) in [4.78, 5) is 39.4. The average molecular weight is 594 g/mol. The van der Waals surface area contributed by atoms with Crippen LogP contribution in [0.15, 0.2) is 82.6 Å². The van der Waals surface area contributed by atoms with Crippen molar-refractivity contribution in [3.8, 4) is 5.75 Å². The molecule has 0 aromatic heterocycles. The third-order valence-electron chi connectivity index (χ3n) is 6.42. The number of nitrogens with zero attached hydrogens (tertiary/aromatic N) is 2. The summed E-state index contributed by atoms with van der Waals surface area (Å²) in [6, 6.07) is 20.7. The second kappa shape index (κ2) is 13.0. The van der Waals surface area contributed by atoms with Crippen molar-refractivity contribution in [2.75, 3.05) is 31.0 Å². The number of hydrogen-bond acceptors (Lipinski definition) is 7. The molecular weight excluding hydrogens is 562 g/mol. The molecule has 9 nitrogen and oxygen atoms in total. The quantitative estimate of drug-likeness (QED) is 0.319. The van der Waals surface area contributed by atoms with Crippen LogP contribution < -0.4 is 14.4 Å². The van der Waals surface area contributed by atoms with E-state index in [1.807, 2.05) is 26.0 Å². The van der Waals surface area contributed by atoms with E-state index in [1.165, 1.54) is 4.31 Å². The number of hydrogen-bond donors (Lipinski definition) is 1. The molecule has 0 unspecified atom stereocenters. The smallest absolute Gasteiger partial charge is 0.293 e. The van der Waals surface area contributed by atoms with Gasteiger partial charge in [-0.1, -0.05) is 47.5 Å². The van der Waals surface area contributed by atoms with Crippen LogP contribution in [0.5, 0.6) is 5.75 Å². The molecule has 0 aliphatic carbocycles. The normalized spacial score (nSPS) is 14.4. The number of anilines is 1. The molecule has 1 saturated heterocycles. The van der Waals surface area contributed by atoms with Gasteiger partial charge >= 0.3 is 0 Å². The number of rotatable bonds is 11. The van der Waals surface area contributed by atoms with Crippen molar-refractivity contribution in [3.05, 3.63) is 94.4 Å². The Bertz CT molecular complexity index is 1550. The molecule has 3 aromatic carbocycles. The second-order valence-electron chi connectivity index (χ2n) is 9.43. The van der Waals surface area contributed by atoms with Gasteiger partial charge in [-0.05, 0) is 73.6 Å². The SMILES string of the molecule is COc1ccc(/C=C2\SC(=O)N(CCNC(=O)CCN(c3ccc(C)cc3)S(=O)(=O)c3ccc(C)cc3)C2=O)cc1. The van der Waals surface area contributed by atoms with Crippen molar-refractivity contribution >= 4 is 50.6 Å². The number of aryl methyl sites for hydroxylation is 2. The van der Waals surface area contributed by atoms with Gasteiger partial charge in [0.05, 0.1) is 22.6 Å². The van der Waals surface area contributed by atoms with E-state index in [-0.39, 0.29) is 31.0 Å². The van der Waals surface area contributed by atoms with E-state index >= 15 is 0 Å². The lowest BCUT2D eigenvalue weighted by Crippen LogP contribution is -2.39. The van der Waals surface area contributed by atoms with Crippen LogP contribution in [-0.2, 0) is 19.6 Å². The highest BCUT2D eigenvalue weighted by atomic mass is 32.2. The Morgan fingerprint density at radius 3 is 2.17 bits per heavy atom. The number of carbonyl (C=O) groups excluding carboxylic acids is 3. The second-order valence-corrected chi connectivity index (χ2v) is 12.3. The Kier molecular flexibility index (Phi) is 9.51. The topological polar surface area (TPSA) is 113 Å². The number of benzene rings is 3. The van der Waals surface area contributed by atoms with Crippen molar-refractivity contribution in [1.29, 1.82) is 0 Å².